The fourth-order valence-electron chi connectivity index (χ4n) is 1.33. The Balaban J connectivity index is 2.97. The highest BCUT2D eigenvalue weighted by Crippen LogP contribution is 2.32. The first-order valence-corrected chi connectivity index (χ1v) is 5.06. The molecule has 0 unspecified atom stereocenters. The first kappa shape index (κ1) is 8.55. The second-order valence-corrected chi connectivity index (χ2v) is 4.13. The lowest BCUT2D eigenvalue weighted by Crippen LogP contribution is -1.80. The van der Waals surface area contributed by atoms with Gasteiger partial charge in [-0.1, -0.05) is 11.6 Å². The Labute approximate surface area is 85.2 Å². The average molecular weight is 208 g/mol. The van der Waals surface area contributed by atoms with Crippen molar-refractivity contribution in [2.45, 2.75) is 6.92 Å². The highest BCUT2D eigenvalue weighted by molar-refractivity contribution is 7.17. The van der Waals surface area contributed by atoms with Crippen LogP contribution in [0.5, 0.6) is 0 Å². The predicted molar refractivity (Wildman–Crippen MR) is 56.3 cm³/mol. The molecule has 13 heavy (non-hydrogen) atoms. The summed E-state index contributed by atoms with van der Waals surface area (Å²) in [6.07, 6.45) is 0. The minimum absolute atomic E-state index is 0.659. The molecule has 0 saturated carbocycles. The number of fused-ring (bicyclic) bond motifs is 1. The summed E-state index contributed by atoms with van der Waals surface area (Å²) in [5.74, 6) is 0. The number of hydrogen-bond donors (Lipinski definition) is 0. The number of rotatable bonds is 0. The van der Waals surface area contributed by atoms with Crippen LogP contribution in [0, 0.1) is 18.3 Å². The number of aryl methyl sites for hydroxylation is 1. The smallest absolute Gasteiger partial charge is 0.0999 e. The van der Waals surface area contributed by atoms with Gasteiger partial charge in [-0.15, -0.1) is 11.3 Å². The van der Waals surface area contributed by atoms with Gasteiger partial charge in [0.1, 0.15) is 0 Å². The van der Waals surface area contributed by atoms with Crippen LogP contribution in [0.4, 0.5) is 0 Å². The van der Waals surface area contributed by atoms with Gasteiger partial charge in [0, 0.05) is 15.1 Å². The van der Waals surface area contributed by atoms with Gasteiger partial charge in [-0.25, -0.2) is 0 Å². The third kappa shape index (κ3) is 1.21. The summed E-state index contributed by atoms with van der Waals surface area (Å²) in [6, 6.07) is 5.83. The number of nitriles is 1. The standard InChI is InChI=1S/C10H6ClNS/c1-6-9(11)4-7(5-12)8-2-3-13-10(6)8/h2-4H,1H3. The summed E-state index contributed by atoms with van der Waals surface area (Å²) in [6.45, 7) is 1.97. The van der Waals surface area contributed by atoms with E-state index in [-0.39, 0.29) is 0 Å². The topological polar surface area (TPSA) is 23.8 Å². The maximum absolute atomic E-state index is 8.87. The molecule has 1 aromatic carbocycles. The molecule has 0 aliphatic rings. The molecule has 0 saturated heterocycles. The van der Waals surface area contributed by atoms with Gasteiger partial charge >= 0.3 is 0 Å². The molecule has 0 fully saturated rings. The number of benzene rings is 1. The summed E-state index contributed by atoms with van der Waals surface area (Å²) >= 11 is 7.61. The van der Waals surface area contributed by atoms with Crippen molar-refractivity contribution in [3.63, 3.8) is 0 Å². The van der Waals surface area contributed by atoms with Gasteiger partial charge in [-0.2, -0.15) is 5.26 Å². The van der Waals surface area contributed by atoms with Gasteiger partial charge in [-0.05, 0) is 30.0 Å². The molecule has 3 heteroatoms. The van der Waals surface area contributed by atoms with Crippen LogP contribution >= 0.6 is 22.9 Å². The van der Waals surface area contributed by atoms with Crippen molar-refractivity contribution in [1.82, 2.24) is 0 Å². The monoisotopic (exact) mass is 207 g/mol. The number of nitrogens with zero attached hydrogens (tertiary/aromatic N) is 1. The molecule has 1 aromatic heterocycles. The lowest BCUT2D eigenvalue weighted by atomic mass is 10.1. The van der Waals surface area contributed by atoms with Crippen LogP contribution in [0.1, 0.15) is 11.1 Å². The molecule has 64 valence electrons. The summed E-state index contributed by atoms with van der Waals surface area (Å²) in [5, 5.41) is 12.5. The second-order valence-electron chi connectivity index (χ2n) is 2.81. The molecule has 1 heterocycles. The third-order valence-electron chi connectivity index (χ3n) is 2.05. The van der Waals surface area contributed by atoms with Crippen LogP contribution < -0.4 is 0 Å². The van der Waals surface area contributed by atoms with Crippen LogP contribution in [0.2, 0.25) is 5.02 Å². The van der Waals surface area contributed by atoms with E-state index in [1.807, 2.05) is 18.4 Å². The predicted octanol–water partition coefficient (Wildman–Crippen LogP) is 3.73. The summed E-state index contributed by atoms with van der Waals surface area (Å²) in [7, 11) is 0. The minimum atomic E-state index is 0.659. The molecular weight excluding hydrogens is 202 g/mol. The van der Waals surface area contributed by atoms with E-state index < -0.39 is 0 Å². The third-order valence-corrected chi connectivity index (χ3v) is 3.47. The van der Waals surface area contributed by atoms with E-state index >= 15 is 0 Å². The largest absolute Gasteiger partial charge is 0.192 e. The number of hydrogen-bond acceptors (Lipinski definition) is 2. The molecule has 0 aliphatic carbocycles. The summed E-state index contributed by atoms with van der Waals surface area (Å²) in [5.41, 5.74) is 1.72. The quantitative estimate of drug-likeness (QED) is 0.646. The molecular formula is C10H6ClNS. The maximum Gasteiger partial charge on any atom is 0.0999 e. The summed E-state index contributed by atoms with van der Waals surface area (Å²) < 4.78 is 1.11. The van der Waals surface area contributed by atoms with E-state index in [9.17, 15) is 0 Å². The van der Waals surface area contributed by atoms with E-state index in [0.717, 1.165) is 15.6 Å². The van der Waals surface area contributed by atoms with Crippen molar-refractivity contribution in [3.05, 3.63) is 33.7 Å². The lowest BCUT2D eigenvalue weighted by molar-refractivity contribution is 1.49. The molecule has 0 radical (unpaired) electrons. The molecule has 0 atom stereocenters. The zero-order valence-electron chi connectivity index (χ0n) is 6.97. The van der Waals surface area contributed by atoms with Crippen LogP contribution in [0.15, 0.2) is 17.5 Å². The molecule has 2 rings (SSSR count). The van der Waals surface area contributed by atoms with Crippen LogP contribution in [0.3, 0.4) is 0 Å². The first-order chi connectivity index (χ1) is 6.24. The van der Waals surface area contributed by atoms with Crippen molar-refractivity contribution < 1.29 is 0 Å². The van der Waals surface area contributed by atoms with Gasteiger partial charge < -0.3 is 0 Å². The number of thiophene rings is 1. The Morgan fingerprint density at radius 3 is 3.00 bits per heavy atom. The van der Waals surface area contributed by atoms with Gasteiger partial charge in [0.15, 0.2) is 0 Å². The van der Waals surface area contributed by atoms with Crippen molar-refractivity contribution in [2.75, 3.05) is 0 Å². The van der Waals surface area contributed by atoms with Crippen LogP contribution in [0.25, 0.3) is 10.1 Å². The SMILES string of the molecule is Cc1c(Cl)cc(C#N)c2ccsc12. The molecule has 2 aromatic rings. The van der Waals surface area contributed by atoms with E-state index in [2.05, 4.69) is 6.07 Å². The van der Waals surface area contributed by atoms with Gasteiger partial charge in [-0.3, -0.25) is 0 Å². The highest BCUT2D eigenvalue weighted by Gasteiger charge is 2.07. The van der Waals surface area contributed by atoms with Gasteiger partial charge in [0.05, 0.1) is 11.6 Å². The molecule has 0 bridgehead atoms. The Morgan fingerprint density at radius 2 is 2.31 bits per heavy atom. The number of halogens is 1. The molecule has 0 N–H and O–H groups in total. The van der Waals surface area contributed by atoms with Gasteiger partial charge in [0.25, 0.3) is 0 Å². The van der Waals surface area contributed by atoms with Crippen molar-refractivity contribution in [3.8, 4) is 6.07 Å². The molecule has 1 nitrogen and oxygen atoms in total. The van der Waals surface area contributed by atoms with E-state index in [4.69, 9.17) is 16.9 Å². The Morgan fingerprint density at radius 1 is 1.54 bits per heavy atom. The van der Waals surface area contributed by atoms with Gasteiger partial charge in [0.2, 0.25) is 0 Å². The van der Waals surface area contributed by atoms with E-state index in [0.29, 0.717) is 10.6 Å². The molecule has 0 spiro atoms. The Hall–Kier alpha value is -1.04. The fraction of sp³-hybridized carbons (Fsp3) is 0.100. The zero-order chi connectivity index (χ0) is 9.42. The Kier molecular flexibility index (Phi) is 1.99. The molecule has 0 amide bonds. The van der Waals surface area contributed by atoms with Crippen LogP contribution in [-0.2, 0) is 0 Å². The Bertz CT molecular complexity index is 507. The lowest BCUT2D eigenvalue weighted by Gasteiger charge is -2.00. The molecule has 0 aliphatic heterocycles. The van der Waals surface area contributed by atoms with E-state index in [1.165, 1.54) is 0 Å². The van der Waals surface area contributed by atoms with Crippen molar-refractivity contribution in [2.24, 2.45) is 0 Å². The first-order valence-electron chi connectivity index (χ1n) is 3.80. The maximum atomic E-state index is 8.87. The normalized spacial score (nSPS) is 10.2. The average Bonchev–Trinajstić information content (AvgIpc) is 2.60. The highest BCUT2D eigenvalue weighted by atomic mass is 35.5. The summed E-state index contributed by atoms with van der Waals surface area (Å²) in [4.78, 5) is 0. The van der Waals surface area contributed by atoms with Crippen molar-refractivity contribution >= 4 is 33.0 Å². The van der Waals surface area contributed by atoms with Crippen LogP contribution in [-0.4, -0.2) is 0 Å². The zero-order valence-corrected chi connectivity index (χ0v) is 8.54. The van der Waals surface area contributed by atoms with Crippen molar-refractivity contribution in [1.29, 1.82) is 5.26 Å². The second kappa shape index (κ2) is 3.02. The van der Waals surface area contributed by atoms with E-state index in [1.54, 1.807) is 17.4 Å². The minimum Gasteiger partial charge on any atom is -0.192 e. The fourth-order valence-corrected chi connectivity index (χ4v) is 2.52.